The van der Waals surface area contributed by atoms with Gasteiger partial charge in [-0.25, -0.2) is 0 Å². The van der Waals surface area contributed by atoms with Crippen LogP contribution in [0, 0.1) is 19.8 Å². The summed E-state index contributed by atoms with van der Waals surface area (Å²) in [4.78, 5) is 2.71. The number of aryl methyl sites for hydroxylation is 2. The number of piperidine rings is 1. The molecule has 0 radical (unpaired) electrons. The number of aromatic amines is 1. The largest absolute Gasteiger partial charge is 0.303 e. The summed E-state index contributed by atoms with van der Waals surface area (Å²) >= 11 is 0. The van der Waals surface area contributed by atoms with Crippen LogP contribution in [0.1, 0.15) is 72.9 Å². The van der Waals surface area contributed by atoms with E-state index in [1.165, 1.54) is 69.3 Å². The van der Waals surface area contributed by atoms with Crippen molar-refractivity contribution in [2.75, 3.05) is 19.6 Å². The quantitative estimate of drug-likeness (QED) is 0.903. The highest BCUT2D eigenvalue weighted by molar-refractivity contribution is 5.31. The van der Waals surface area contributed by atoms with Crippen molar-refractivity contribution in [1.82, 2.24) is 25.5 Å². The average Bonchev–Trinajstić information content (AvgIpc) is 3.17. The van der Waals surface area contributed by atoms with E-state index in [4.69, 9.17) is 0 Å². The minimum Gasteiger partial charge on any atom is -0.303 e. The second kappa shape index (κ2) is 7.87. The molecule has 0 unspecified atom stereocenters. The summed E-state index contributed by atoms with van der Waals surface area (Å²) in [6, 6.07) is 7.07. The summed E-state index contributed by atoms with van der Waals surface area (Å²) in [5, 5.41) is 14.6. The number of likely N-dealkylation sites (tertiary alicyclic amines) is 1. The van der Waals surface area contributed by atoms with E-state index in [1.54, 1.807) is 5.56 Å². The van der Waals surface area contributed by atoms with E-state index in [2.05, 4.69) is 57.6 Å². The zero-order valence-corrected chi connectivity index (χ0v) is 16.1. The molecule has 2 fully saturated rings. The van der Waals surface area contributed by atoms with Crippen molar-refractivity contribution in [2.24, 2.45) is 5.92 Å². The van der Waals surface area contributed by atoms with Gasteiger partial charge in [0, 0.05) is 12.5 Å². The fraction of sp³-hybridized carbons (Fsp3) is 0.667. The Labute approximate surface area is 156 Å². The molecule has 0 spiro atoms. The topological polar surface area (TPSA) is 57.7 Å². The molecule has 140 valence electrons. The number of nitrogens with zero attached hydrogens (tertiary/aromatic N) is 4. The SMILES string of the molecule is Cc1cc(C)cc(C2CCN(CC3CCC(c4nn[nH]n4)CC3)CC2)c1. The Kier molecular flexibility index (Phi) is 5.34. The Hall–Kier alpha value is -1.75. The Bertz CT molecular complexity index is 675. The van der Waals surface area contributed by atoms with Crippen LogP contribution in [0.25, 0.3) is 0 Å². The molecule has 1 saturated heterocycles. The highest BCUT2D eigenvalue weighted by atomic mass is 15.5. The van der Waals surface area contributed by atoms with Crippen molar-refractivity contribution < 1.29 is 0 Å². The second-order valence-corrected chi connectivity index (χ2v) is 8.48. The first kappa shape index (κ1) is 17.7. The molecule has 2 aliphatic rings. The summed E-state index contributed by atoms with van der Waals surface area (Å²) < 4.78 is 0. The van der Waals surface area contributed by atoms with Gasteiger partial charge in [-0.2, -0.15) is 5.21 Å². The molecule has 4 rings (SSSR count). The zero-order valence-electron chi connectivity index (χ0n) is 16.1. The number of rotatable bonds is 4. The third-order valence-electron chi connectivity index (χ3n) is 6.39. The lowest BCUT2D eigenvalue weighted by Crippen LogP contribution is -2.37. The maximum Gasteiger partial charge on any atom is 0.177 e. The minimum absolute atomic E-state index is 0.514. The first-order valence-electron chi connectivity index (χ1n) is 10.2. The van der Waals surface area contributed by atoms with Crippen molar-refractivity contribution in [2.45, 2.75) is 64.2 Å². The van der Waals surface area contributed by atoms with Gasteiger partial charge in [0.05, 0.1) is 0 Å². The van der Waals surface area contributed by atoms with Crippen LogP contribution < -0.4 is 0 Å². The van der Waals surface area contributed by atoms with E-state index >= 15 is 0 Å². The molecule has 1 aliphatic carbocycles. The molecule has 1 N–H and O–H groups in total. The number of nitrogens with one attached hydrogen (secondary N) is 1. The molecule has 0 bridgehead atoms. The second-order valence-electron chi connectivity index (χ2n) is 8.48. The monoisotopic (exact) mass is 353 g/mol. The molecule has 5 heteroatoms. The van der Waals surface area contributed by atoms with Gasteiger partial charge in [-0.3, -0.25) is 0 Å². The fourth-order valence-electron chi connectivity index (χ4n) is 5.01. The molecule has 1 aromatic heterocycles. The molecular formula is C21H31N5. The van der Waals surface area contributed by atoms with Crippen LogP contribution in [0.4, 0.5) is 0 Å². The predicted molar refractivity (Wildman–Crippen MR) is 103 cm³/mol. The number of aromatic nitrogens is 4. The van der Waals surface area contributed by atoms with E-state index in [0.29, 0.717) is 5.92 Å². The third kappa shape index (κ3) is 4.14. The minimum atomic E-state index is 0.514. The lowest BCUT2D eigenvalue weighted by atomic mass is 9.81. The highest BCUT2D eigenvalue weighted by Gasteiger charge is 2.28. The molecule has 2 heterocycles. The first-order chi connectivity index (χ1) is 12.7. The van der Waals surface area contributed by atoms with Gasteiger partial charge in [0.1, 0.15) is 0 Å². The summed E-state index contributed by atoms with van der Waals surface area (Å²) in [7, 11) is 0. The van der Waals surface area contributed by atoms with Gasteiger partial charge in [-0.15, -0.1) is 10.2 Å². The number of benzene rings is 1. The molecule has 1 saturated carbocycles. The van der Waals surface area contributed by atoms with E-state index in [0.717, 1.165) is 17.7 Å². The van der Waals surface area contributed by atoms with Gasteiger partial charge < -0.3 is 4.90 Å². The maximum absolute atomic E-state index is 4.17. The molecule has 5 nitrogen and oxygen atoms in total. The Morgan fingerprint density at radius 2 is 1.62 bits per heavy atom. The van der Waals surface area contributed by atoms with Gasteiger partial charge in [0.2, 0.25) is 0 Å². The summed E-state index contributed by atoms with van der Waals surface area (Å²) in [5.41, 5.74) is 4.37. The lowest BCUT2D eigenvalue weighted by molar-refractivity contribution is 0.159. The number of hydrogen-bond acceptors (Lipinski definition) is 4. The Morgan fingerprint density at radius 3 is 2.23 bits per heavy atom. The molecule has 1 aliphatic heterocycles. The standard InChI is InChI=1S/C21H31N5/c1-15-11-16(2)13-20(12-15)18-7-9-26(10-8-18)14-17-3-5-19(6-4-17)21-22-24-25-23-21/h11-13,17-19H,3-10,14H2,1-2H3,(H,22,23,24,25). The highest BCUT2D eigenvalue weighted by Crippen LogP contribution is 2.35. The average molecular weight is 354 g/mol. The van der Waals surface area contributed by atoms with Crippen molar-refractivity contribution in [3.8, 4) is 0 Å². The third-order valence-corrected chi connectivity index (χ3v) is 6.39. The van der Waals surface area contributed by atoms with Gasteiger partial charge in [0.25, 0.3) is 0 Å². The summed E-state index contributed by atoms with van der Waals surface area (Å²) in [6.45, 7) is 8.22. The van der Waals surface area contributed by atoms with Gasteiger partial charge in [-0.05, 0) is 82.9 Å². The van der Waals surface area contributed by atoms with Crippen molar-refractivity contribution in [3.63, 3.8) is 0 Å². The van der Waals surface area contributed by atoms with Crippen LogP contribution in [0.2, 0.25) is 0 Å². The van der Waals surface area contributed by atoms with Crippen molar-refractivity contribution in [1.29, 1.82) is 0 Å². The molecule has 1 aromatic carbocycles. The van der Waals surface area contributed by atoms with Crippen LogP contribution >= 0.6 is 0 Å². The van der Waals surface area contributed by atoms with Gasteiger partial charge in [-0.1, -0.05) is 34.5 Å². The maximum atomic E-state index is 4.17. The van der Waals surface area contributed by atoms with E-state index in [9.17, 15) is 0 Å². The van der Waals surface area contributed by atoms with Crippen LogP contribution in [0.5, 0.6) is 0 Å². The summed E-state index contributed by atoms with van der Waals surface area (Å²) in [6.07, 6.45) is 7.64. The van der Waals surface area contributed by atoms with Crippen LogP contribution in [0.3, 0.4) is 0 Å². The molecule has 26 heavy (non-hydrogen) atoms. The molecular weight excluding hydrogens is 322 g/mol. The number of hydrogen-bond donors (Lipinski definition) is 1. The number of tetrazole rings is 1. The molecule has 0 amide bonds. The summed E-state index contributed by atoms with van der Waals surface area (Å²) in [5.74, 6) is 3.02. The Morgan fingerprint density at radius 1 is 0.923 bits per heavy atom. The predicted octanol–water partition coefficient (Wildman–Crippen LogP) is 3.97. The van der Waals surface area contributed by atoms with Crippen LogP contribution in [-0.2, 0) is 0 Å². The van der Waals surface area contributed by atoms with Crippen molar-refractivity contribution in [3.05, 3.63) is 40.7 Å². The number of H-pyrrole nitrogens is 1. The smallest absolute Gasteiger partial charge is 0.177 e. The molecule has 2 aromatic rings. The van der Waals surface area contributed by atoms with Crippen molar-refractivity contribution >= 4 is 0 Å². The zero-order chi connectivity index (χ0) is 17.9. The van der Waals surface area contributed by atoms with E-state index < -0.39 is 0 Å². The van der Waals surface area contributed by atoms with Crippen LogP contribution in [0.15, 0.2) is 18.2 Å². The first-order valence-corrected chi connectivity index (χ1v) is 10.2. The Balaban J connectivity index is 1.24. The van der Waals surface area contributed by atoms with E-state index in [-0.39, 0.29) is 0 Å². The van der Waals surface area contributed by atoms with Gasteiger partial charge >= 0.3 is 0 Å². The lowest BCUT2D eigenvalue weighted by Gasteiger charge is -2.36. The van der Waals surface area contributed by atoms with Crippen LogP contribution in [-0.4, -0.2) is 45.2 Å². The normalized spacial score (nSPS) is 25.5. The van der Waals surface area contributed by atoms with E-state index in [1.807, 2.05) is 0 Å². The fourth-order valence-corrected chi connectivity index (χ4v) is 5.01. The molecule has 0 atom stereocenters. The van der Waals surface area contributed by atoms with Gasteiger partial charge in [0.15, 0.2) is 5.82 Å².